The van der Waals surface area contributed by atoms with Gasteiger partial charge in [-0.05, 0) is 52.0 Å². The third kappa shape index (κ3) is 3.76. The predicted octanol–water partition coefficient (Wildman–Crippen LogP) is 2.65. The first kappa shape index (κ1) is 13.0. The smallest absolute Gasteiger partial charge is 0.0898 e. The predicted molar refractivity (Wildman–Crippen MR) is 71.2 cm³/mol. The largest absolute Gasteiger partial charge is 0.393 e. The fourth-order valence-electron chi connectivity index (χ4n) is 2.38. The highest BCUT2D eigenvalue weighted by Gasteiger charge is 2.20. The molecule has 0 amide bonds. The molecule has 1 atom stereocenters. The second-order valence-electron chi connectivity index (χ2n) is 5.10. The molecular weight excluding hydrogens is 232 g/mol. The standard InChI is InChI=1S/C13H22N2OS/c1-9(13-8-17-10(2)15-13)14-7-11-3-5-12(16)6-4-11/h8-9,11-12,14,16H,3-7H2,1-2H3. The van der Waals surface area contributed by atoms with Crippen molar-refractivity contribution in [3.63, 3.8) is 0 Å². The van der Waals surface area contributed by atoms with Crippen LogP contribution in [0.3, 0.4) is 0 Å². The Kier molecular flexibility index (Phi) is 4.54. The Balaban J connectivity index is 1.74. The molecule has 1 aliphatic rings. The first-order chi connectivity index (χ1) is 8.15. The SMILES string of the molecule is Cc1nc(C(C)NCC2CCC(O)CC2)cs1. The second kappa shape index (κ2) is 5.94. The Hall–Kier alpha value is -0.450. The maximum atomic E-state index is 9.46. The number of hydrogen-bond acceptors (Lipinski definition) is 4. The summed E-state index contributed by atoms with van der Waals surface area (Å²) in [5.41, 5.74) is 1.16. The average Bonchev–Trinajstić information content (AvgIpc) is 2.75. The maximum Gasteiger partial charge on any atom is 0.0898 e. The summed E-state index contributed by atoms with van der Waals surface area (Å²) in [4.78, 5) is 4.50. The van der Waals surface area contributed by atoms with Crippen LogP contribution < -0.4 is 5.32 Å². The lowest BCUT2D eigenvalue weighted by molar-refractivity contribution is 0.107. The Morgan fingerprint density at radius 1 is 1.47 bits per heavy atom. The van der Waals surface area contributed by atoms with E-state index in [2.05, 4.69) is 22.6 Å². The molecule has 1 saturated carbocycles. The van der Waals surface area contributed by atoms with Gasteiger partial charge in [0.25, 0.3) is 0 Å². The fraction of sp³-hybridized carbons (Fsp3) is 0.769. The first-order valence-electron chi connectivity index (χ1n) is 6.48. The molecule has 1 fully saturated rings. The van der Waals surface area contributed by atoms with E-state index in [0.717, 1.165) is 48.8 Å². The van der Waals surface area contributed by atoms with Gasteiger partial charge in [-0.15, -0.1) is 11.3 Å². The van der Waals surface area contributed by atoms with Gasteiger partial charge in [0.15, 0.2) is 0 Å². The number of nitrogens with zero attached hydrogens (tertiary/aromatic N) is 1. The topological polar surface area (TPSA) is 45.2 Å². The van der Waals surface area contributed by atoms with Crippen molar-refractivity contribution in [2.75, 3.05) is 6.54 Å². The van der Waals surface area contributed by atoms with Gasteiger partial charge >= 0.3 is 0 Å². The summed E-state index contributed by atoms with van der Waals surface area (Å²) in [6.45, 7) is 5.26. The fourth-order valence-corrected chi connectivity index (χ4v) is 3.08. The van der Waals surface area contributed by atoms with Gasteiger partial charge in [0, 0.05) is 11.4 Å². The average molecular weight is 254 g/mol. The highest BCUT2D eigenvalue weighted by atomic mass is 32.1. The van der Waals surface area contributed by atoms with Crippen LogP contribution in [0.1, 0.15) is 49.4 Å². The van der Waals surface area contributed by atoms with E-state index in [0.29, 0.717) is 6.04 Å². The zero-order valence-electron chi connectivity index (χ0n) is 10.6. The molecule has 0 aromatic carbocycles. The third-order valence-electron chi connectivity index (χ3n) is 3.61. The number of thiazole rings is 1. The van der Waals surface area contributed by atoms with Crippen molar-refractivity contribution in [1.82, 2.24) is 10.3 Å². The minimum atomic E-state index is -0.0511. The molecule has 0 radical (unpaired) electrons. The molecule has 0 aliphatic heterocycles. The van der Waals surface area contributed by atoms with E-state index in [1.807, 2.05) is 6.92 Å². The van der Waals surface area contributed by atoms with Crippen LogP contribution in [0.4, 0.5) is 0 Å². The number of aliphatic hydroxyl groups excluding tert-OH is 1. The molecule has 4 heteroatoms. The molecule has 1 heterocycles. The van der Waals surface area contributed by atoms with Crippen LogP contribution in [0.25, 0.3) is 0 Å². The molecule has 0 bridgehead atoms. The molecule has 2 rings (SSSR count). The Morgan fingerprint density at radius 2 is 2.18 bits per heavy atom. The van der Waals surface area contributed by atoms with E-state index in [-0.39, 0.29) is 6.10 Å². The number of aromatic nitrogens is 1. The molecule has 1 aliphatic carbocycles. The maximum absolute atomic E-state index is 9.46. The highest BCUT2D eigenvalue weighted by Crippen LogP contribution is 2.24. The number of hydrogen-bond donors (Lipinski definition) is 2. The highest BCUT2D eigenvalue weighted by molar-refractivity contribution is 7.09. The zero-order valence-corrected chi connectivity index (χ0v) is 11.5. The minimum absolute atomic E-state index is 0.0511. The van der Waals surface area contributed by atoms with Gasteiger partial charge in [-0.3, -0.25) is 0 Å². The van der Waals surface area contributed by atoms with Crippen molar-refractivity contribution < 1.29 is 5.11 Å². The Labute approximate surface area is 107 Å². The van der Waals surface area contributed by atoms with E-state index in [4.69, 9.17) is 0 Å². The van der Waals surface area contributed by atoms with Gasteiger partial charge < -0.3 is 10.4 Å². The Bertz CT molecular complexity index is 345. The molecule has 1 unspecified atom stereocenters. The van der Waals surface area contributed by atoms with Crippen LogP contribution in [-0.2, 0) is 0 Å². The second-order valence-corrected chi connectivity index (χ2v) is 6.16. The van der Waals surface area contributed by atoms with Gasteiger partial charge in [0.05, 0.1) is 16.8 Å². The summed E-state index contributed by atoms with van der Waals surface area (Å²) >= 11 is 1.71. The molecule has 0 spiro atoms. The van der Waals surface area contributed by atoms with Crippen molar-refractivity contribution in [2.45, 2.75) is 51.7 Å². The summed E-state index contributed by atoms with van der Waals surface area (Å²) in [6.07, 6.45) is 4.19. The molecule has 3 nitrogen and oxygen atoms in total. The minimum Gasteiger partial charge on any atom is -0.393 e. The summed E-state index contributed by atoms with van der Waals surface area (Å²) in [7, 11) is 0. The van der Waals surface area contributed by atoms with Crippen LogP contribution in [0, 0.1) is 12.8 Å². The summed E-state index contributed by atoms with van der Waals surface area (Å²) in [5, 5.41) is 16.3. The molecule has 17 heavy (non-hydrogen) atoms. The van der Waals surface area contributed by atoms with Gasteiger partial charge in [-0.25, -0.2) is 4.98 Å². The van der Waals surface area contributed by atoms with Crippen LogP contribution in [0.2, 0.25) is 0 Å². The third-order valence-corrected chi connectivity index (χ3v) is 4.40. The molecule has 1 aromatic rings. The van der Waals surface area contributed by atoms with Crippen LogP contribution in [0.5, 0.6) is 0 Å². The van der Waals surface area contributed by atoms with E-state index in [9.17, 15) is 5.11 Å². The van der Waals surface area contributed by atoms with Crippen molar-refractivity contribution in [3.8, 4) is 0 Å². The molecular formula is C13H22N2OS. The number of rotatable bonds is 4. The number of aliphatic hydroxyl groups is 1. The number of aryl methyl sites for hydroxylation is 1. The lowest BCUT2D eigenvalue weighted by atomic mass is 9.87. The van der Waals surface area contributed by atoms with Crippen LogP contribution in [0.15, 0.2) is 5.38 Å². The normalized spacial score (nSPS) is 27.0. The van der Waals surface area contributed by atoms with Crippen molar-refractivity contribution >= 4 is 11.3 Å². The molecule has 96 valence electrons. The van der Waals surface area contributed by atoms with Crippen LogP contribution in [-0.4, -0.2) is 22.7 Å². The van der Waals surface area contributed by atoms with Gasteiger partial charge in [-0.1, -0.05) is 0 Å². The summed E-state index contributed by atoms with van der Waals surface area (Å²) < 4.78 is 0. The van der Waals surface area contributed by atoms with Crippen molar-refractivity contribution in [3.05, 3.63) is 16.1 Å². The van der Waals surface area contributed by atoms with E-state index in [1.165, 1.54) is 0 Å². The summed E-state index contributed by atoms with van der Waals surface area (Å²) in [5.74, 6) is 0.723. The van der Waals surface area contributed by atoms with Gasteiger partial charge in [0.1, 0.15) is 0 Å². The van der Waals surface area contributed by atoms with Crippen LogP contribution >= 0.6 is 11.3 Å². The number of nitrogens with one attached hydrogen (secondary N) is 1. The first-order valence-corrected chi connectivity index (χ1v) is 7.36. The zero-order chi connectivity index (χ0) is 12.3. The Morgan fingerprint density at radius 3 is 2.76 bits per heavy atom. The lowest BCUT2D eigenvalue weighted by Crippen LogP contribution is -2.29. The van der Waals surface area contributed by atoms with Gasteiger partial charge in [0.2, 0.25) is 0 Å². The van der Waals surface area contributed by atoms with Gasteiger partial charge in [-0.2, -0.15) is 0 Å². The molecule has 1 aromatic heterocycles. The van der Waals surface area contributed by atoms with E-state index >= 15 is 0 Å². The van der Waals surface area contributed by atoms with Crippen molar-refractivity contribution in [2.24, 2.45) is 5.92 Å². The van der Waals surface area contributed by atoms with E-state index < -0.39 is 0 Å². The monoisotopic (exact) mass is 254 g/mol. The summed E-state index contributed by atoms with van der Waals surface area (Å²) in [6, 6.07) is 0.340. The molecule has 2 N–H and O–H groups in total. The lowest BCUT2D eigenvalue weighted by Gasteiger charge is -2.26. The van der Waals surface area contributed by atoms with Crippen molar-refractivity contribution in [1.29, 1.82) is 0 Å². The molecule has 0 saturated heterocycles. The quantitative estimate of drug-likeness (QED) is 0.868. The van der Waals surface area contributed by atoms with E-state index in [1.54, 1.807) is 11.3 Å².